The number of sulfonamides is 1. The van der Waals surface area contributed by atoms with Gasteiger partial charge in [0.25, 0.3) is 5.69 Å². The summed E-state index contributed by atoms with van der Waals surface area (Å²) in [6, 6.07) is 15.8. The lowest BCUT2D eigenvalue weighted by molar-refractivity contribution is -0.384. The molecule has 0 radical (unpaired) electrons. The van der Waals surface area contributed by atoms with E-state index in [4.69, 9.17) is 27.9 Å². The molecule has 2 amide bonds. The molecule has 1 unspecified atom stereocenters. The van der Waals surface area contributed by atoms with Crippen molar-refractivity contribution in [1.29, 1.82) is 0 Å². The third-order valence-electron chi connectivity index (χ3n) is 6.38. The Morgan fingerprint density at radius 1 is 1.05 bits per heavy atom. The number of amides is 2. The molecule has 3 rings (SSSR count). The van der Waals surface area contributed by atoms with Crippen LogP contribution in [0.5, 0.6) is 5.75 Å². The molecule has 1 N–H and O–H groups in total. The molecule has 0 aliphatic heterocycles. The molecule has 11 nitrogen and oxygen atoms in total. The minimum absolute atomic E-state index is 0.00509. The highest BCUT2D eigenvalue weighted by Crippen LogP contribution is 2.34. The second-order valence-corrected chi connectivity index (χ2v) is 12.8. The summed E-state index contributed by atoms with van der Waals surface area (Å²) >= 11 is 12.5. The van der Waals surface area contributed by atoms with E-state index in [0.717, 1.165) is 28.3 Å². The van der Waals surface area contributed by atoms with Crippen LogP contribution in [0, 0.1) is 10.1 Å². The van der Waals surface area contributed by atoms with Crippen molar-refractivity contribution in [2.24, 2.45) is 0 Å². The van der Waals surface area contributed by atoms with E-state index >= 15 is 0 Å². The first-order valence-electron chi connectivity index (χ1n) is 13.1. The lowest BCUT2D eigenvalue weighted by Gasteiger charge is -2.34. The smallest absolute Gasteiger partial charge is 0.271 e. The lowest BCUT2D eigenvalue weighted by Crippen LogP contribution is -2.54. The molecule has 43 heavy (non-hydrogen) atoms. The maximum atomic E-state index is 14.2. The van der Waals surface area contributed by atoms with E-state index in [1.54, 1.807) is 38.1 Å². The summed E-state index contributed by atoms with van der Waals surface area (Å²) in [7, 11) is -2.92. The van der Waals surface area contributed by atoms with Crippen molar-refractivity contribution in [3.8, 4) is 5.75 Å². The molecule has 1 atom stereocenters. The van der Waals surface area contributed by atoms with Crippen LogP contribution in [0.25, 0.3) is 0 Å². The maximum absolute atomic E-state index is 14.2. The number of hydrogen-bond acceptors (Lipinski definition) is 7. The van der Waals surface area contributed by atoms with Gasteiger partial charge in [-0.3, -0.25) is 24.0 Å². The molecule has 0 fully saturated rings. The van der Waals surface area contributed by atoms with Gasteiger partial charge in [0.1, 0.15) is 24.0 Å². The van der Waals surface area contributed by atoms with Gasteiger partial charge in [-0.25, -0.2) is 8.42 Å². The van der Waals surface area contributed by atoms with E-state index in [9.17, 15) is 28.1 Å². The number of hydrogen-bond donors (Lipinski definition) is 1. The minimum Gasteiger partial charge on any atom is -0.495 e. The van der Waals surface area contributed by atoms with E-state index in [1.165, 1.54) is 24.1 Å². The van der Waals surface area contributed by atoms with Crippen LogP contribution >= 0.6 is 23.2 Å². The predicted molar refractivity (Wildman–Crippen MR) is 166 cm³/mol. The molecule has 0 spiro atoms. The number of nitro groups is 1. The molecule has 14 heteroatoms. The van der Waals surface area contributed by atoms with Crippen LogP contribution in [0.1, 0.15) is 25.0 Å². The van der Waals surface area contributed by atoms with Crippen molar-refractivity contribution in [2.75, 3.05) is 24.2 Å². The summed E-state index contributed by atoms with van der Waals surface area (Å²) in [6.45, 7) is 2.60. The zero-order valence-corrected chi connectivity index (χ0v) is 26.3. The number of nitrogens with zero attached hydrogens (tertiary/aromatic N) is 3. The normalized spacial score (nSPS) is 12.0. The first-order valence-corrected chi connectivity index (χ1v) is 15.7. The van der Waals surface area contributed by atoms with Gasteiger partial charge in [0.2, 0.25) is 21.8 Å². The van der Waals surface area contributed by atoms with Gasteiger partial charge in [0.15, 0.2) is 0 Å². The number of carbonyl (C=O) groups excluding carboxylic acids is 2. The van der Waals surface area contributed by atoms with Crippen LogP contribution in [0.4, 0.5) is 11.4 Å². The summed E-state index contributed by atoms with van der Waals surface area (Å²) in [4.78, 5) is 39.9. The topological polar surface area (TPSA) is 139 Å². The van der Waals surface area contributed by atoms with E-state index < -0.39 is 45.0 Å². The average molecular weight is 652 g/mol. The third kappa shape index (κ3) is 9.06. The van der Waals surface area contributed by atoms with Crippen molar-refractivity contribution < 1.29 is 27.7 Å². The van der Waals surface area contributed by atoms with Gasteiger partial charge in [0, 0.05) is 41.2 Å². The monoisotopic (exact) mass is 650 g/mol. The minimum atomic E-state index is -4.19. The average Bonchev–Trinajstić information content (AvgIpc) is 2.93. The predicted octanol–water partition coefficient (Wildman–Crippen LogP) is 4.84. The molecule has 0 aliphatic carbocycles. The number of methoxy groups -OCH3 is 1. The van der Waals surface area contributed by atoms with E-state index in [1.807, 2.05) is 18.2 Å². The molecule has 0 bridgehead atoms. The van der Waals surface area contributed by atoms with Gasteiger partial charge in [-0.1, -0.05) is 59.6 Å². The summed E-state index contributed by atoms with van der Waals surface area (Å²) in [5.74, 6) is -1.23. The van der Waals surface area contributed by atoms with Crippen LogP contribution in [0.3, 0.4) is 0 Å². The number of benzene rings is 3. The SMILES string of the molecule is COc1ccc([N+](=O)[O-])cc1N(CC(=O)N(Cc1ccc(Cl)cc1Cl)C(Cc1ccccc1)C(=O)NC(C)C)S(C)(=O)=O. The highest BCUT2D eigenvalue weighted by atomic mass is 35.5. The number of nitrogens with one attached hydrogen (secondary N) is 1. The fourth-order valence-electron chi connectivity index (χ4n) is 4.35. The Morgan fingerprint density at radius 2 is 1.72 bits per heavy atom. The van der Waals surface area contributed by atoms with Crippen LogP contribution in [-0.2, 0) is 32.6 Å². The second kappa shape index (κ2) is 14.5. The van der Waals surface area contributed by atoms with Gasteiger partial charge >= 0.3 is 0 Å². The number of rotatable bonds is 13. The first-order chi connectivity index (χ1) is 20.2. The molecule has 230 valence electrons. The molecular weight excluding hydrogens is 619 g/mol. The summed E-state index contributed by atoms with van der Waals surface area (Å²) in [5.41, 5.74) is 0.614. The zero-order chi connectivity index (χ0) is 31.9. The van der Waals surface area contributed by atoms with Crippen LogP contribution in [0.15, 0.2) is 66.7 Å². The van der Waals surface area contributed by atoms with Gasteiger partial charge in [-0.15, -0.1) is 0 Å². The molecule has 0 aromatic heterocycles. The molecule has 3 aromatic carbocycles. The lowest BCUT2D eigenvalue weighted by atomic mass is 10.0. The molecule has 0 saturated heterocycles. The summed E-state index contributed by atoms with van der Waals surface area (Å²) < 4.78 is 32.1. The van der Waals surface area contributed by atoms with Crippen LogP contribution < -0.4 is 14.4 Å². The molecule has 0 heterocycles. The van der Waals surface area contributed by atoms with E-state index in [-0.39, 0.29) is 35.5 Å². The van der Waals surface area contributed by atoms with E-state index in [0.29, 0.717) is 10.6 Å². The molecular formula is C29H32Cl2N4O7S. The summed E-state index contributed by atoms with van der Waals surface area (Å²) in [6.07, 6.45) is 0.973. The van der Waals surface area contributed by atoms with Crippen LogP contribution in [0.2, 0.25) is 10.0 Å². The Kier molecular flexibility index (Phi) is 11.4. The quantitative estimate of drug-likeness (QED) is 0.206. The zero-order valence-electron chi connectivity index (χ0n) is 24.0. The van der Waals surface area contributed by atoms with Crippen molar-refractivity contribution in [3.63, 3.8) is 0 Å². The Hall–Kier alpha value is -3.87. The fraction of sp³-hybridized carbons (Fsp3) is 0.310. The molecule has 0 saturated carbocycles. The van der Waals surface area contributed by atoms with E-state index in [2.05, 4.69) is 5.32 Å². The van der Waals surface area contributed by atoms with Crippen molar-refractivity contribution in [3.05, 3.63) is 98.0 Å². The summed E-state index contributed by atoms with van der Waals surface area (Å²) in [5, 5.41) is 15.0. The number of anilines is 1. The van der Waals surface area contributed by atoms with Crippen molar-refractivity contribution >= 4 is 56.4 Å². The van der Waals surface area contributed by atoms with Gasteiger partial charge in [0.05, 0.1) is 18.3 Å². The van der Waals surface area contributed by atoms with Gasteiger partial charge < -0.3 is 15.0 Å². The molecule has 3 aromatic rings. The second-order valence-electron chi connectivity index (χ2n) is 10.0. The van der Waals surface area contributed by atoms with Gasteiger partial charge in [-0.2, -0.15) is 0 Å². The fourth-order valence-corrected chi connectivity index (χ4v) is 5.66. The van der Waals surface area contributed by atoms with Crippen molar-refractivity contribution in [1.82, 2.24) is 10.2 Å². The number of non-ortho nitro benzene ring substituents is 1. The van der Waals surface area contributed by atoms with Gasteiger partial charge in [-0.05, 0) is 43.2 Å². The third-order valence-corrected chi connectivity index (χ3v) is 8.09. The Balaban J connectivity index is 2.15. The number of ether oxygens (including phenoxy) is 1. The Bertz CT molecular complexity index is 1590. The molecule has 0 aliphatic rings. The highest BCUT2D eigenvalue weighted by molar-refractivity contribution is 7.92. The largest absolute Gasteiger partial charge is 0.495 e. The first kappa shape index (κ1) is 33.6. The van der Waals surface area contributed by atoms with Crippen molar-refractivity contribution in [2.45, 2.75) is 38.9 Å². The Labute approximate surface area is 260 Å². The van der Waals surface area contributed by atoms with Crippen LogP contribution in [-0.4, -0.2) is 62.0 Å². The Morgan fingerprint density at radius 3 is 2.28 bits per heavy atom. The number of halogens is 2. The highest BCUT2D eigenvalue weighted by Gasteiger charge is 2.34. The number of carbonyl (C=O) groups is 2. The standard InChI is InChI=1S/C29H32Cl2N4O7S/c1-19(2)32-29(37)26(14-20-8-6-5-7-9-20)33(17-21-10-11-22(30)15-24(21)31)28(36)18-34(43(4,40)41)25-16-23(35(38)39)12-13-27(25)42-3/h5-13,15-16,19,26H,14,17-18H2,1-4H3,(H,32,37). The maximum Gasteiger partial charge on any atom is 0.271 e. The number of nitro benzene ring substituents is 1.